The highest BCUT2D eigenvalue weighted by atomic mass is 32.2. The molecular weight excluding hydrogens is 142 g/mol. The van der Waals surface area contributed by atoms with Crippen LogP contribution in [0.2, 0.25) is 0 Å². The zero-order valence-corrected chi connectivity index (χ0v) is 7.87. The lowest BCUT2D eigenvalue weighted by molar-refractivity contribution is 1.13. The van der Waals surface area contributed by atoms with Gasteiger partial charge in [-0.2, -0.15) is 11.8 Å². The minimum atomic E-state index is 0.619. The highest BCUT2D eigenvalue weighted by molar-refractivity contribution is 8.00. The fraction of sp³-hybridized carbons (Fsp3) is 0.750. The van der Waals surface area contributed by atoms with Crippen LogP contribution < -0.4 is 5.73 Å². The van der Waals surface area contributed by atoms with E-state index in [4.69, 9.17) is 5.73 Å². The molecule has 60 valence electrons. The maximum Gasteiger partial charge on any atom is 0.0201 e. The highest BCUT2D eigenvalue weighted by Crippen LogP contribution is 2.11. The second kappa shape index (κ2) is 5.81. The van der Waals surface area contributed by atoms with E-state index in [0.717, 1.165) is 12.3 Å². The van der Waals surface area contributed by atoms with Gasteiger partial charge in [0.05, 0.1) is 0 Å². The predicted molar refractivity (Wildman–Crippen MR) is 50.4 cm³/mol. The molecule has 0 saturated heterocycles. The number of nitrogens with two attached hydrogens (primary N) is 1. The Morgan fingerprint density at radius 3 is 2.60 bits per heavy atom. The van der Waals surface area contributed by atoms with Crippen molar-refractivity contribution in [3.05, 3.63) is 11.6 Å². The maximum absolute atomic E-state index is 5.37. The van der Waals surface area contributed by atoms with Crippen molar-refractivity contribution in [3.63, 3.8) is 0 Å². The molecular formula is C8H17NS. The number of hydrogen-bond donors (Lipinski definition) is 1. The average molecular weight is 159 g/mol. The minimum Gasteiger partial charge on any atom is -0.330 e. The van der Waals surface area contributed by atoms with Crippen LogP contribution in [0.25, 0.3) is 0 Å². The summed E-state index contributed by atoms with van der Waals surface area (Å²) >= 11 is 1.90. The summed E-state index contributed by atoms with van der Waals surface area (Å²) in [7, 11) is 0. The lowest BCUT2D eigenvalue weighted by Crippen LogP contribution is -2.04. The van der Waals surface area contributed by atoms with Gasteiger partial charge in [-0.3, -0.25) is 0 Å². The third-order valence-corrected chi connectivity index (χ3v) is 2.20. The van der Waals surface area contributed by atoms with Gasteiger partial charge in [-0.25, -0.2) is 0 Å². The summed E-state index contributed by atoms with van der Waals surface area (Å²) in [5, 5.41) is 0.619. The zero-order valence-electron chi connectivity index (χ0n) is 7.05. The largest absolute Gasteiger partial charge is 0.330 e. The molecule has 0 aliphatic carbocycles. The SMILES string of the molecule is CC(C)=CC(C)SCCN. The van der Waals surface area contributed by atoms with E-state index in [2.05, 4.69) is 26.8 Å². The molecule has 0 aromatic rings. The van der Waals surface area contributed by atoms with E-state index < -0.39 is 0 Å². The number of thioether (sulfide) groups is 1. The van der Waals surface area contributed by atoms with Crippen LogP contribution in [0.15, 0.2) is 11.6 Å². The van der Waals surface area contributed by atoms with E-state index in [9.17, 15) is 0 Å². The highest BCUT2D eigenvalue weighted by Gasteiger charge is 1.95. The third-order valence-electron chi connectivity index (χ3n) is 1.07. The molecule has 0 aromatic heterocycles. The molecule has 0 heterocycles. The van der Waals surface area contributed by atoms with E-state index in [1.165, 1.54) is 5.57 Å². The Hall–Kier alpha value is 0.0500. The molecule has 0 radical (unpaired) electrons. The quantitative estimate of drug-likeness (QED) is 0.635. The summed E-state index contributed by atoms with van der Waals surface area (Å²) in [5.74, 6) is 1.06. The van der Waals surface area contributed by atoms with Gasteiger partial charge in [0.2, 0.25) is 0 Å². The lowest BCUT2D eigenvalue weighted by Gasteiger charge is -2.04. The van der Waals surface area contributed by atoms with Crippen LogP contribution in [0.5, 0.6) is 0 Å². The molecule has 2 N–H and O–H groups in total. The number of rotatable bonds is 4. The summed E-state index contributed by atoms with van der Waals surface area (Å²) in [6, 6.07) is 0. The zero-order chi connectivity index (χ0) is 7.98. The van der Waals surface area contributed by atoms with Crippen molar-refractivity contribution in [2.45, 2.75) is 26.0 Å². The Morgan fingerprint density at radius 2 is 2.20 bits per heavy atom. The molecule has 0 rings (SSSR count). The first-order valence-corrected chi connectivity index (χ1v) is 4.68. The Kier molecular flexibility index (Phi) is 5.84. The third kappa shape index (κ3) is 6.17. The molecule has 10 heavy (non-hydrogen) atoms. The standard InChI is InChI=1S/C8H17NS/c1-7(2)6-8(3)10-5-4-9/h6,8H,4-5,9H2,1-3H3. The lowest BCUT2D eigenvalue weighted by atomic mass is 10.3. The van der Waals surface area contributed by atoms with Crippen LogP contribution in [0.1, 0.15) is 20.8 Å². The van der Waals surface area contributed by atoms with Gasteiger partial charge in [0.25, 0.3) is 0 Å². The van der Waals surface area contributed by atoms with Gasteiger partial charge in [0, 0.05) is 17.5 Å². The number of allylic oxidation sites excluding steroid dienone is 1. The fourth-order valence-electron chi connectivity index (χ4n) is 0.771. The predicted octanol–water partition coefficient (Wildman–Crippen LogP) is 2.03. The first kappa shape index (κ1) is 10.0. The van der Waals surface area contributed by atoms with Crippen molar-refractivity contribution in [3.8, 4) is 0 Å². The van der Waals surface area contributed by atoms with Crippen molar-refractivity contribution in [1.29, 1.82) is 0 Å². The monoisotopic (exact) mass is 159 g/mol. The summed E-state index contributed by atoms with van der Waals surface area (Å²) in [6.07, 6.45) is 2.26. The second-order valence-corrected chi connectivity index (χ2v) is 4.09. The van der Waals surface area contributed by atoms with Crippen LogP contribution >= 0.6 is 11.8 Å². The Labute approximate surface area is 68.1 Å². The smallest absolute Gasteiger partial charge is 0.0201 e. The fourth-order valence-corrected chi connectivity index (χ4v) is 1.65. The van der Waals surface area contributed by atoms with Gasteiger partial charge in [-0.05, 0) is 20.8 Å². The average Bonchev–Trinajstić information content (AvgIpc) is 1.82. The van der Waals surface area contributed by atoms with E-state index >= 15 is 0 Å². The molecule has 0 amide bonds. The molecule has 1 unspecified atom stereocenters. The van der Waals surface area contributed by atoms with Gasteiger partial charge >= 0.3 is 0 Å². The normalized spacial score (nSPS) is 12.8. The van der Waals surface area contributed by atoms with Gasteiger partial charge in [-0.1, -0.05) is 11.6 Å². The Balaban J connectivity index is 3.43. The first-order valence-electron chi connectivity index (χ1n) is 3.63. The molecule has 0 aliphatic heterocycles. The molecule has 0 saturated carbocycles. The summed E-state index contributed by atoms with van der Waals surface area (Å²) in [4.78, 5) is 0. The first-order chi connectivity index (χ1) is 4.66. The second-order valence-electron chi connectivity index (χ2n) is 2.61. The van der Waals surface area contributed by atoms with Crippen LogP contribution in [-0.2, 0) is 0 Å². The van der Waals surface area contributed by atoms with E-state index in [0.29, 0.717) is 5.25 Å². The van der Waals surface area contributed by atoms with E-state index in [1.54, 1.807) is 0 Å². The Bertz CT molecular complexity index is 106. The maximum atomic E-state index is 5.37. The van der Waals surface area contributed by atoms with E-state index in [-0.39, 0.29) is 0 Å². The molecule has 2 heteroatoms. The van der Waals surface area contributed by atoms with Gasteiger partial charge in [0.1, 0.15) is 0 Å². The van der Waals surface area contributed by atoms with Gasteiger partial charge in [-0.15, -0.1) is 0 Å². The van der Waals surface area contributed by atoms with Crippen LogP contribution in [-0.4, -0.2) is 17.5 Å². The molecule has 0 aliphatic rings. The Morgan fingerprint density at radius 1 is 1.60 bits per heavy atom. The molecule has 0 bridgehead atoms. The molecule has 0 fully saturated rings. The number of hydrogen-bond acceptors (Lipinski definition) is 2. The van der Waals surface area contributed by atoms with Crippen molar-refractivity contribution >= 4 is 11.8 Å². The molecule has 1 nitrogen and oxygen atoms in total. The topological polar surface area (TPSA) is 26.0 Å². The summed E-state index contributed by atoms with van der Waals surface area (Å²) < 4.78 is 0. The van der Waals surface area contributed by atoms with Crippen LogP contribution in [0, 0.1) is 0 Å². The summed E-state index contributed by atoms with van der Waals surface area (Å²) in [6.45, 7) is 7.23. The van der Waals surface area contributed by atoms with Gasteiger partial charge in [0.15, 0.2) is 0 Å². The van der Waals surface area contributed by atoms with Crippen molar-refractivity contribution in [1.82, 2.24) is 0 Å². The molecule has 0 spiro atoms. The van der Waals surface area contributed by atoms with Crippen molar-refractivity contribution in [2.24, 2.45) is 5.73 Å². The van der Waals surface area contributed by atoms with Crippen molar-refractivity contribution in [2.75, 3.05) is 12.3 Å². The minimum absolute atomic E-state index is 0.619. The van der Waals surface area contributed by atoms with Gasteiger partial charge < -0.3 is 5.73 Å². The van der Waals surface area contributed by atoms with Crippen LogP contribution in [0.4, 0.5) is 0 Å². The van der Waals surface area contributed by atoms with E-state index in [1.807, 2.05) is 11.8 Å². The van der Waals surface area contributed by atoms with Crippen LogP contribution in [0.3, 0.4) is 0 Å². The molecule has 0 aromatic carbocycles. The van der Waals surface area contributed by atoms with Crippen molar-refractivity contribution < 1.29 is 0 Å². The summed E-state index contributed by atoms with van der Waals surface area (Å²) in [5.41, 5.74) is 6.75. The molecule has 1 atom stereocenters.